The van der Waals surface area contributed by atoms with Gasteiger partial charge in [0.2, 0.25) is 5.91 Å². The van der Waals surface area contributed by atoms with Gasteiger partial charge in [0.05, 0.1) is 13.2 Å². The van der Waals surface area contributed by atoms with Gasteiger partial charge in [0.25, 0.3) is 5.91 Å². The molecule has 3 aromatic rings. The fourth-order valence-corrected chi connectivity index (χ4v) is 3.05. The normalized spacial score (nSPS) is 10.5. The number of nitrogens with one attached hydrogen (secondary N) is 3. The maximum atomic E-state index is 12.3. The molecule has 0 saturated heterocycles. The molecule has 0 bridgehead atoms. The lowest BCUT2D eigenvalue weighted by atomic mass is 10.1. The second-order valence-electron chi connectivity index (χ2n) is 8.20. The average Bonchev–Trinajstić information content (AvgIpc) is 2.83. The number of carbonyl (C=O) groups excluding carboxylic acids is 2. The number of ether oxygens (including phenoxy) is 1. The van der Waals surface area contributed by atoms with Gasteiger partial charge in [-0.05, 0) is 66.4 Å². The lowest BCUT2D eigenvalue weighted by Crippen LogP contribution is -2.23. The standard InChI is InChI=1S/C27H31N3O3/c1-20(2)16-17-33-25-14-12-24(13-15-25)30-26(31)19-28-23-10-8-22(9-11-23)27(32)29-18-21-6-4-3-5-7-21/h3-15,20,28H,16-19H2,1-2H3,(H,29,32)(H,30,31). The van der Waals surface area contributed by atoms with E-state index in [0.29, 0.717) is 30.3 Å². The lowest BCUT2D eigenvalue weighted by Gasteiger charge is -2.11. The third-order valence-corrected chi connectivity index (χ3v) is 5.00. The number of hydrogen-bond donors (Lipinski definition) is 3. The van der Waals surface area contributed by atoms with Gasteiger partial charge < -0.3 is 20.7 Å². The van der Waals surface area contributed by atoms with Crippen molar-refractivity contribution >= 4 is 23.2 Å². The number of rotatable bonds is 11. The van der Waals surface area contributed by atoms with Crippen LogP contribution in [-0.4, -0.2) is 25.0 Å². The van der Waals surface area contributed by atoms with Crippen LogP contribution >= 0.6 is 0 Å². The van der Waals surface area contributed by atoms with Crippen molar-refractivity contribution in [3.8, 4) is 5.75 Å². The van der Waals surface area contributed by atoms with Crippen molar-refractivity contribution in [3.63, 3.8) is 0 Å². The molecule has 2 amide bonds. The van der Waals surface area contributed by atoms with E-state index in [-0.39, 0.29) is 18.4 Å². The molecule has 0 aliphatic heterocycles. The number of benzene rings is 3. The maximum Gasteiger partial charge on any atom is 0.251 e. The Balaban J connectivity index is 1.40. The maximum absolute atomic E-state index is 12.3. The first-order valence-corrected chi connectivity index (χ1v) is 11.2. The Bertz CT molecular complexity index is 1020. The van der Waals surface area contributed by atoms with Crippen molar-refractivity contribution in [2.24, 2.45) is 5.92 Å². The summed E-state index contributed by atoms with van der Waals surface area (Å²) >= 11 is 0. The molecule has 172 valence electrons. The van der Waals surface area contributed by atoms with Crippen molar-refractivity contribution in [3.05, 3.63) is 90.0 Å². The molecule has 0 fully saturated rings. The third-order valence-electron chi connectivity index (χ3n) is 5.00. The molecule has 3 N–H and O–H groups in total. The minimum atomic E-state index is -0.159. The summed E-state index contributed by atoms with van der Waals surface area (Å²) in [4.78, 5) is 24.5. The van der Waals surface area contributed by atoms with E-state index >= 15 is 0 Å². The van der Waals surface area contributed by atoms with Crippen LogP contribution in [0.4, 0.5) is 11.4 Å². The topological polar surface area (TPSA) is 79.5 Å². The minimum Gasteiger partial charge on any atom is -0.494 e. The third kappa shape index (κ3) is 8.33. The summed E-state index contributed by atoms with van der Waals surface area (Å²) in [6.45, 7) is 5.60. The molecule has 0 radical (unpaired) electrons. The van der Waals surface area contributed by atoms with E-state index in [0.717, 1.165) is 23.4 Å². The van der Waals surface area contributed by atoms with Crippen molar-refractivity contribution in [1.82, 2.24) is 5.32 Å². The Hall–Kier alpha value is -3.80. The largest absolute Gasteiger partial charge is 0.494 e. The van der Waals surface area contributed by atoms with Gasteiger partial charge in [-0.25, -0.2) is 0 Å². The highest BCUT2D eigenvalue weighted by molar-refractivity contribution is 5.95. The first kappa shape index (κ1) is 23.9. The zero-order valence-corrected chi connectivity index (χ0v) is 19.1. The predicted molar refractivity (Wildman–Crippen MR) is 133 cm³/mol. The number of hydrogen-bond acceptors (Lipinski definition) is 4. The van der Waals surface area contributed by atoms with Gasteiger partial charge in [-0.2, -0.15) is 0 Å². The zero-order valence-electron chi connectivity index (χ0n) is 19.1. The molecule has 33 heavy (non-hydrogen) atoms. The van der Waals surface area contributed by atoms with Crippen LogP contribution in [0.3, 0.4) is 0 Å². The SMILES string of the molecule is CC(C)CCOc1ccc(NC(=O)CNc2ccc(C(=O)NCc3ccccc3)cc2)cc1. The summed E-state index contributed by atoms with van der Waals surface area (Å²) in [5, 5.41) is 8.82. The van der Waals surface area contributed by atoms with Crippen molar-refractivity contribution in [1.29, 1.82) is 0 Å². The van der Waals surface area contributed by atoms with Crippen molar-refractivity contribution in [2.75, 3.05) is 23.8 Å². The number of carbonyl (C=O) groups is 2. The molecular formula is C27H31N3O3. The number of amides is 2. The van der Waals surface area contributed by atoms with Gasteiger partial charge in [-0.3, -0.25) is 9.59 Å². The monoisotopic (exact) mass is 445 g/mol. The summed E-state index contributed by atoms with van der Waals surface area (Å²) < 4.78 is 5.69. The quantitative estimate of drug-likeness (QED) is 0.384. The molecule has 3 aromatic carbocycles. The van der Waals surface area contributed by atoms with Gasteiger partial charge in [-0.1, -0.05) is 44.2 Å². The van der Waals surface area contributed by atoms with Crippen molar-refractivity contribution in [2.45, 2.75) is 26.8 Å². The van der Waals surface area contributed by atoms with Crippen LogP contribution in [-0.2, 0) is 11.3 Å². The molecule has 3 rings (SSSR count). The van der Waals surface area contributed by atoms with E-state index in [1.807, 2.05) is 54.6 Å². The van der Waals surface area contributed by atoms with Crippen molar-refractivity contribution < 1.29 is 14.3 Å². The van der Waals surface area contributed by atoms with E-state index < -0.39 is 0 Å². The summed E-state index contributed by atoms with van der Waals surface area (Å²) in [6, 6.07) is 24.2. The molecule has 0 aromatic heterocycles. The molecule has 0 unspecified atom stereocenters. The van der Waals surface area contributed by atoms with E-state index in [2.05, 4.69) is 29.8 Å². The summed E-state index contributed by atoms with van der Waals surface area (Å²) in [7, 11) is 0. The summed E-state index contributed by atoms with van der Waals surface area (Å²) in [6.07, 6.45) is 1.00. The molecule has 0 heterocycles. The summed E-state index contributed by atoms with van der Waals surface area (Å²) in [5.41, 5.74) is 3.09. The van der Waals surface area contributed by atoms with Crippen LogP contribution in [0.2, 0.25) is 0 Å². The molecule has 0 saturated carbocycles. The Kier molecular flexibility index (Phi) is 8.88. The van der Waals surface area contributed by atoms with Crippen LogP contribution in [0.1, 0.15) is 36.2 Å². The molecule has 0 aliphatic carbocycles. The highest BCUT2D eigenvalue weighted by Gasteiger charge is 2.07. The molecule has 6 nitrogen and oxygen atoms in total. The second kappa shape index (κ2) is 12.3. The van der Waals surface area contributed by atoms with Gasteiger partial charge in [0.1, 0.15) is 5.75 Å². The molecule has 0 atom stereocenters. The second-order valence-corrected chi connectivity index (χ2v) is 8.20. The highest BCUT2D eigenvalue weighted by atomic mass is 16.5. The lowest BCUT2D eigenvalue weighted by molar-refractivity contribution is -0.114. The van der Waals surface area contributed by atoms with E-state index in [9.17, 15) is 9.59 Å². The molecule has 0 spiro atoms. The van der Waals surface area contributed by atoms with Crippen LogP contribution in [0.5, 0.6) is 5.75 Å². The highest BCUT2D eigenvalue weighted by Crippen LogP contribution is 2.17. The Morgan fingerprint density at radius 3 is 2.18 bits per heavy atom. The summed E-state index contributed by atoms with van der Waals surface area (Å²) in [5.74, 6) is 1.09. The Morgan fingerprint density at radius 2 is 1.52 bits per heavy atom. The fourth-order valence-electron chi connectivity index (χ4n) is 3.05. The first-order valence-electron chi connectivity index (χ1n) is 11.2. The molecular weight excluding hydrogens is 414 g/mol. The van der Waals surface area contributed by atoms with Gasteiger partial charge >= 0.3 is 0 Å². The molecule has 6 heteroatoms. The van der Waals surface area contributed by atoms with Gasteiger partial charge in [0, 0.05) is 23.5 Å². The fraction of sp³-hybridized carbons (Fsp3) is 0.259. The number of anilines is 2. The van der Waals surface area contributed by atoms with Crippen LogP contribution in [0, 0.1) is 5.92 Å². The predicted octanol–water partition coefficient (Wildman–Crippen LogP) is 5.09. The Morgan fingerprint density at radius 1 is 0.848 bits per heavy atom. The minimum absolute atomic E-state index is 0.117. The van der Waals surface area contributed by atoms with Crippen LogP contribution < -0.4 is 20.7 Å². The van der Waals surface area contributed by atoms with E-state index in [1.165, 1.54) is 0 Å². The van der Waals surface area contributed by atoms with Crippen LogP contribution in [0.15, 0.2) is 78.9 Å². The zero-order chi connectivity index (χ0) is 23.5. The van der Waals surface area contributed by atoms with E-state index in [4.69, 9.17) is 4.74 Å². The average molecular weight is 446 g/mol. The Labute approximate surface area is 195 Å². The smallest absolute Gasteiger partial charge is 0.251 e. The van der Waals surface area contributed by atoms with Crippen LogP contribution in [0.25, 0.3) is 0 Å². The first-order chi connectivity index (χ1) is 16.0. The van der Waals surface area contributed by atoms with E-state index in [1.54, 1.807) is 24.3 Å². The van der Waals surface area contributed by atoms with Gasteiger partial charge in [-0.15, -0.1) is 0 Å². The van der Waals surface area contributed by atoms with Gasteiger partial charge in [0.15, 0.2) is 0 Å². The molecule has 0 aliphatic rings.